The molecule has 102 valence electrons. The summed E-state index contributed by atoms with van der Waals surface area (Å²) in [7, 11) is -3.88. The van der Waals surface area contributed by atoms with Gasteiger partial charge in [-0.1, -0.05) is 29.8 Å². The molecule has 2 rings (SSSR count). The Bertz CT molecular complexity index is 687. The Balaban J connectivity index is 2.65. The van der Waals surface area contributed by atoms with Crippen LogP contribution in [0.1, 0.15) is 25.5 Å². The maximum atomic E-state index is 11.5. The topological polar surface area (TPSA) is 90.9 Å². The molecule has 0 amide bonds. The molecule has 0 radical (unpaired) electrons. The molecular weight excluding hydrogens is 264 g/mol. The average Bonchev–Trinajstić information content (AvgIpc) is 2.74. The van der Waals surface area contributed by atoms with E-state index in [9.17, 15) is 8.42 Å². The highest BCUT2D eigenvalue weighted by Gasteiger charge is 2.23. The van der Waals surface area contributed by atoms with Gasteiger partial charge in [-0.2, -0.15) is 0 Å². The first-order valence-corrected chi connectivity index (χ1v) is 7.40. The third kappa shape index (κ3) is 2.66. The number of benzene rings is 1. The maximum Gasteiger partial charge on any atom is 0.273 e. The van der Waals surface area contributed by atoms with Crippen LogP contribution in [0.15, 0.2) is 29.4 Å². The quantitative estimate of drug-likeness (QED) is 0.922. The van der Waals surface area contributed by atoms with E-state index in [1.165, 1.54) is 4.57 Å². The lowest BCUT2D eigenvalue weighted by Crippen LogP contribution is -2.20. The lowest BCUT2D eigenvalue weighted by Gasteiger charge is -2.12. The van der Waals surface area contributed by atoms with Crippen LogP contribution in [0.25, 0.3) is 11.4 Å². The van der Waals surface area contributed by atoms with Crippen LogP contribution in [-0.4, -0.2) is 23.2 Å². The van der Waals surface area contributed by atoms with Crippen LogP contribution in [0.3, 0.4) is 0 Å². The van der Waals surface area contributed by atoms with Crippen molar-refractivity contribution in [2.45, 2.75) is 32.0 Å². The van der Waals surface area contributed by atoms with Gasteiger partial charge in [0.2, 0.25) is 0 Å². The SMILES string of the molecule is Cc1ccc(-c2nnc(S(N)(=O)=O)n2C(C)C)cc1. The van der Waals surface area contributed by atoms with E-state index < -0.39 is 10.0 Å². The number of nitrogens with two attached hydrogens (primary N) is 1. The van der Waals surface area contributed by atoms with Crippen molar-refractivity contribution in [3.05, 3.63) is 29.8 Å². The summed E-state index contributed by atoms with van der Waals surface area (Å²) < 4.78 is 24.6. The minimum atomic E-state index is -3.88. The molecule has 19 heavy (non-hydrogen) atoms. The molecule has 0 bridgehead atoms. The first-order chi connectivity index (χ1) is 8.80. The number of rotatable bonds is 3. The standard InChI is InChI=1S/C12H16N4O2S/c1-8(2)16-11(10-6-4-9(3)5-7-10)14-15-12(16)19(13,17)18/h4-8H,1-3H3,(H2,13,17,18). The lowest BCUT2D eigenvalue weighted by molar-refractivity contribution is 0.524. The van der Waals surface area contributed by atoms with E-state index >= 15 is 0 Å². The van der Waals surface area contributed by atoms with Gasteiger partial charge >= 0.3 is 0 Å². The van der Waals surface area contributed by atoms with E-state index in [4.69, 9.17) is 5.14 Å². The minimum Gasteiger partial charge on any atom is -0.294 e. The van der Waals surface area contributed by atoms with E-state index in [1.54, 1.807) is 0 Å². The molecule has 0 saturated heterocycles. The van der Waals surface area contributed by atoms with E-state index in [-0.39, 0.29) is 11.2 Å². The minimum absolute atomic E-state index is 0.111. The van der Waals surface area contributed by atoms with Crippen molar-refractivity contribution < 1.29 is 8.42 Å². The zero-order chi connectivity index (χ0) is 14.2. The molecule has 0 aliphatic rings. The van der Waals surface area contributed by atoms with Crippen molar-refractivity contribution in [2.75, 3.05) is 0 Å². The number of aromatic nitrogens is 3. The summed E-state index contributed by atoms with van der Waals surface area (Å²) in [6.07, 6.45) is 0. The fraction of sp³-hybridized carbons (Fsp3) is 0.333. The molecule has 0 saturated carbocycles. The fourth-order valence-corrected chi connectivity index (χ4v) is 2.56. The second-order valence-corrected chi connectivity index (χ2v) is 6.14. The molecule has 2 N–H and O–H groups in total. The molecule has 1 aromatic heterocycles. The van der Waals surface area contributed by atoms with Crippen LogP contribution < -0.4 is 5.14 Å². The Morgan fingerprint density at radius 1 is 1.16 bits per heavy atom. The Morgan fingerprint density at radius 2 is 1.74 bits per heavy atom. The summed E-state index contributed by atoms with van der Waals surface area (Å²) in [6.45, 7) is 5.69. The molecular formula is C12H16N4O2S. The predicted molar refractivity (Wildman–Crippen MR) is 72.0 cm³/mol. The molecule has 0 unspecified atom stereocenters. The molecule has 0 aliphatic carbocycles. The second kappa shape index (κ2) is 4.75. The van der Waals surface area contributed by atoms with Gasteiger partial charge in [-0.25, -0.2) is 13.6 Å². The summed E-state index contributed by atoms with van der Waals surface area (Å²) in [5.41, 5.74) is 1.92. The van der Waals surface area contributed by atoms with Gasteiger partial charge in [-0.05, 0) is 20.8 Å². The van der Waals surface area contributed by atoms with E-state index in [1.807, 2.05) is 45.0 Å². The first-order valence-electron chi connectivity index (χ1n) is 5.85. The summed E-state index contributed by atoms with van der Waals surface area (Å²) in [6, 6.07) is 7.52. The number of sulfonamides is 1. The molecule has 0 spiro atoms. The first kappa shape index (κ1) is 13.7. The van der Waals surface area contributed by atoms with Gasteiger partial charge in [0, 0.05) is 11.6 Å². The highest BCUT2D eigenvalue weighted by molar-refractivity contribution is 7.89. The van der Waals surface area contributed by atoms with Crippen LogP contribution in [0.5, 0.6) is 0 Å². The summed E-state index contributed by atoms with van der Waals surface area (Å²) >= 11 is 0. The number of primary sulfonamides is 1. The summed E-state index contributed by atoms with van der Waals surface area (Å²) in [5, 5.41) is 12.6. The molecule has 7 heteroatoms. The lowest BCUT2D eigenvalue weighted by atomic mass is 10.1. The molecule has 1 heterocycles. The molecule has 0 fully saturated rings. The van der Waals surface area contributed by atoms with E-state index in [0.29, 0.717) is 5.82 Å². The van der Waals surface area contributed by atoms with Crippen molar-refractivity contribution in [3.8, 4) is 11.4 Å². The molecule has 0 aliphatic heterocycles. The Hall–Kier alpha value is -1.73. The van der Waals surface area contributed by atoms with Gasteiger partial charge in [-0.15, -0.1) is 10.2 Å². The van der Waals surface area contributed by atoms with E-state index in [2.05, 4.69) is 10.2 Å². The van der Waals surface area contributed by atoms with Crippen LogP contribution in [0.2, 0.25) is 0 Å². The van der Waals surface area contributed by atoms with Crippen LogP contribution in [0, 0.1) is 6.92 Å². The number of aryl methyl sites for hydroxylation is 1. The largest absolute Gasteiger partial charge is 0.294 e. The molecule has 6 nitrogen and oxygen atoms in total. The highest BCUT2D eigenvalue weighted by atomic mass is 32.2. The molecule has 1 aromatic carbocycles. The molecule has 0 atom stereocenters. The summed E-state index contributed by atoms with van der Waals surface area (Å²) in [4.78, 5) is 0. The van der Waals surface area contributed by atoms with E-state index in [0.717, 1.165) is 11.1 Å². The number of hydrogen-bond acceptors (Lipinski definition) is 4. The number of nitrogens with zero attached hydrogens (tertiary/aromatic N) is 3. The van der Waals surface area contributed by atoms with Crippen molar-refractivity contribution in [1.29, 1.82) is 0 Å². The van der Waals surface area contributed by atoms with Crippen molar-refractivity contribution in [2.24, 2.45) is 5.14 Å². The Morgan fingerprint density at radius 3 is 2.21 bits per heavy atom. The fourth-order valence-electron chi connectivity index (χ4n) is 1.84. The third-order valence-corrected chi connectivity index (χ3v) is 3.53. The van der Waals surface area contributed by atoms with Crippen LogP contribution >= 0.6 is 0 Å². The Labute approximate surface area is 112 Å². The Kier molecular flexibility index (Phi) is 3.42. The van der Waals surface area contributed by atoms with Crippen molar-refractivity contribution in [3.63, 3.8) is 0 Å². The van der Waals surface area contributed by atoms with Gasteiger partial charge in [0.15, 0.2) is 5.82 Å². The van der Waals surface area contributed by atoms with Crippen LogP contribution in [-0.2, 0) is 10.0 Å². The van der Waals surface area contributed by atoms with Gasteiger partial charge in [0.05, 0.1) is 0 Å². The van der Waals surface area contributed by atoms with Gasteiger partial charge < -0.3 is 0 Å². The zero-order valence-corrected chi connectivity index (χ0v) is 11.8. The molecule has 2 aromatic rings. The zero-order valence-electron chi connectivity index (χ0n) is 11.0. The normalized spacial score (nSPS) is 12.1. The summed E-state index contributed by atoms with van der Waals surface area (Å²) in [5.74, 6) is 0.499. The smallest absolute Gasteiger partial charge is 0.273 e. The highest BCUT2D eigenvalue weighted by Crippen LogP contribution is 2.24. The third-order valence-electron chi connectivity index (χ3n) is 2.75. The average molecular weight is 280 g/mol. The second-order valence-electron chi connectivity index (χ2n) is 4.68. The van der Waals surface area contributed by atoms with Gasteiger partial charge in [0.1, 0.15) is 0 Å². The maximum absolute atomic E-state index is 11.5. The van der Waals surface area contributed by atoms with Gasteiger partial charge in [-0.3, -0.25) is 4.57 Å². The predicted octanol–water partition coefficient (Wildman–Crippen LogP) is 1.48. The number of hydrogen-bond donors (Lipinski definition) is 1. The van der Waals surface area contributed by atoms with Crippen LogP contribution in [0.4, 0.5) is 0 Å². The van der Waals surface area contributed by atoms with Crippen molar-refractivity contribution >= 4 is 10.0 Å². The monoisotopic (exact) mass is 280 g/mol. The van der Waals surface area contributed by atoms with Crippen molar-refractivity contribution in [1.82, 2.24) is 14.8 Å². The van der Waals surface area contributed by atoms with Gasteiger partial charge in [0.25, 0.3) is 15.2 Å².